The van der Waals surface area contributed by atoms with Gasteiger partial charge in [0.05, 0.1) is 7.11 Å². The standard InChI is InChI=1S/C18H21NO3/c1-22-17-13-15(10-11-16(17)20)18(21)19-12-6-5-9-14-7-3-2-4-8-14/h2-4,7-8,10-11,13,20H,5-6,9,12H2,1H3,(H,19,21). The van der Waals surface area contributed by atoms with E-state index in [1.165, 1.54) is 24.8 Å². The molecule has 4 heteroatoms. The van der Waals surface area contributed by atoms with Crippen LogP contribution in [-0.4, -0.2) is 24.7 Å². The molecular formula is C18H21NO3. The highest BCUT2D eigenvalue weighted by Crippen LogP contribution is 2.26. The van der Waals surface area contributed by atoms with Crippen LogP contribution in [0.2, 0.25) is 0 Å². The van der Waals surface area contributed by atoms with Crippen LogP contribution in [0.25, 0.3) is 0 Å². The first-order valence-electron chi connectivity index (χ1n) is 7.40. The van der Waals surface area contributed by atoms with E-state index in [0.29, 0.717) is 17.9 Å². The molecular weight excluding hydrogens is 278 g/mol. The van der Waals surface area contributed by atoms with Gasteiger partial charge < -0.3 is 15.2 Å². The number of amides is 1. The van der Waals surface area contributed by atoms with Gasteiger partial charge in [0.1, 0.15) is 0 Å². The average molecular weight is 299 g/mol. The normalized spacial score (nSPS) is 10.2. The van der Waals surface area contributed by atoms with Crippen molar-refractivity contribution in [2.24, 2.45) is 0 Å². The van der Waals surface area contributed by atoms with Gasteiger partial charge in [0.15, 0.2) is 11.5 Å². The molecule has 0 aliphatic rings. The van der Waals surface area contributed by atoms with E-state index >= 15 is 0 Å². The fourth-order valence-corrected chi connectivity index (χ4v) is 2.22. The smallest absolute Gasteiger partial charge is 0.251 e. The minimum Gasteiger partial charge on any atom is -0.504 e. The van der Waals surface area contributed by atoms with Crippen LogP contribution in [-0.2, 0) is 6.42 Å². The van der Waals surface area contributed by atoms with Crippen molar-refractivity contribution in [3.63, 3.8) is 0 Å². The van der Waals surface area contributed by atoms with E-state index in [-0.39, 0.29) is 11.7 Å². The summed E-state index contributed by atoms with van der Waals surface area (Å²) in [6.07, 6.45) is 2.97. The van der Waals surface area contributed by atoms with Crippen molar-refractivity contribution in [2.45, 2.75) is 19.3 Å². The maximum atomic E-state index is 12.0. The number of aryl methyl sites for hydroxylation is 1. The van der Waals surface area contributed by atoms with Gasteiger partial charge in [-0.15, -0.1) is 0 Å². The Kier molecular flexibility index (Phi) is 5.83. The lowest BCUT2D eigenvalue weighted by molar-refractivity contribution is 0.0952. The molecule has 0 saturated carbocycles. The van der Waals surface area contributed by atoms with Crippen molar-refractivity contribution in [1.82, 2.24) is 5.32 Å². The SMILES string of the molecule is COc1cc(C(=O)NCCCCc2ccccc2)ccc1O. The maximum absolute atomic E-state index is 12.0. The molecule has 116 valence electrons. The number of carbonyl (C=O) groups excluding carboxylic acids is 1. The van der Waals surface area contributed by atoms with E-state index < -0.39 is 0 Å². The lowest BCUT2D eigenvalue weighted by Crippen LogP contribution is -2.24. The van der Waals surface area contributed by atoms with Crippen molar-refractivity contribution in [3.8, 4) is 11.5 Å². The van der Waals surface area contributed by atoms with E-state index in [1.54, 1.807) is 6.07 Å². The van der Waals surface area contributed by atoms with Crippen LogP contribution >= 0.6 is 0 Å². The van der Waals surface area contributed by atoms with Crippen molar-refractivity contribution in [1.29, 1.82) is 0 Å². The molecule has 4 nitrogen and oxygen atoms in total. The molecule has 0 bridgehead atoms. The molecule has 2 aromatic rings. The molecule has 0 spiro atoms. The topological polar surface area (TPSA) is 58.6 Å². The first kappa shape index (κ1) is 15.9. The fraction of sp³-hybridized carbons (Fsp3) is 0.278. The molecule has 0 aliphatic carbocycles. The first-order chi connectivity index (χ1) is 10.7. The Morgan fingerprint density at radius 3 is 2.64 bits per heavy atom. The second-order valence-corrected chi connectivity index (χ2v) is 5.09. The number of hydrogen-bond acceptors (Lipinski definition) is 3. The van der Waals surface area contributed by atoms with Crippen LogP contribution in [0.1, 0.15) is 28.8 Å². The highest BCUT2D eigenvalue weighted by Gasteiger charge is 2.09. The van der Waals surface area contributed by atoms with Crippen LogP contribution in [0.5, 0.6) is 11.5 Å². The van der Waals surface area contributed by atoms with Crippen LogP contribution < -0.4 is 10.1 Å². The lowest BCUT2D eigenvalue weighted by Gasteiger charge is -2.08. The van der Waals surface area contributed by atoms with E-state index in [4.69, 9.17) is 4.74 Å². The Hall–Kier alpha value is -2.49. The van der Waals surface area contributed by atoms with E-state index in [2.05, 4.69) is 17.4 Å². The Balaban J connectivity index is 1.74. The molecule has 0 saturated heterocycles. The van der Waals surface area contributed by atoms with Gasteiger partial charge in [-0.3, -0.25) is 4.79 Å². The molecule has 0 unspecified atom stereocenters. The molecule has 2 aromatic carbocycles. The van der Waals surface area contributed by atoms with E-state index in [1.807, 2.05) is 18.2 Å². The van der Waals surface area contributed by atoms with Gasteiger partial charge in [-0.1, -0.05) is 30.3 Å². The molecule has 0 heterocycles. The molecule has 0 radical (unpaired) electrons. The van der Waals surface area contributed by atoms with Gasteiger partial charge >= 0.3 is 0 Å². The van der Waals surface area contributed by atoms with Crippen LogP contribution in [0.3, 0.4) is 0 Å². The number of phenolic OH excluding ortho intramolecular Hbond substituents is 1. The Morgan fingerprint density at radius 1 is 1.14 bits per heavy atom. The second kappa shape index (κ2) is 8.08. The zero-order valence-electron chi connectivity index (χ0n) is 12.7. The number of unbranched alkanes of at least 4 members (excludes halogenated alkanes) is 1. The minimum atomic E-state index is -0.155. The third-order valence-electron chi connectivity index (χ3n) is 3.46. The third-order valence-corrected chi connectivity index (χ3v) is 3.46. The third kappa shape index (κ3) is 4.52. The molecule has 0 aromatic heterocycles. The molecule has 0 atom stereocenters. The van der Waals surface area contributed by atoms with Gasteiger partial charge in [0.25, 0.3) is 5.91 Å². The predicted octanol–water partition coefficient (Wildman–Crippen LogP) is 3.15. The number of rotatable bonds is 7. The number of methoxy groups -OCH3 is 1. The molecule has 0 aliphatic heterocycles. The summed E-state index contributed by atoms with van der Waals surface area (Å²) in [6, 6.07) is 14.9. The quantitative estimate of drug-likeness (QED) is 0.772. The van der Waals surface area contributed by atoms with Crippen molar-refractivity contribution >= 4 is 5.91 Å². The minimum absolute atomic E-state index is 0.0295. The zero-order chi connectivity index (χ0) is 15.8. The number of benzene rings is 2. The number of ether oxygens (including phenoxy) is 1. The van der Waals surface area contributed by atoms with Crippen molar-refractivity contribution in [2.75, 3.05) is 13.7 Å². The number of aromatic hydroxyl groups is 1. The number of phenols is 1. The fourth-order valence-electron chi connectivity index (χ4n) is 2.22. The summed E-state index contributed by atoms with van der Waals surface area (Å²) in [7, 11) is 1.46. The van der Waals surface area contributed by atoms with Gasteiger partial charge in [-0.05, 0) is 43.0 Å². The van der Waals surface area contributed by atoms with Gasteiger partial charge in [0, 0.05) is 12.1 Å². The first-order valence-corrected chi connectivity index (χ1v) is 7.40. The van der Waals surface area contributed by atoms with Crippen molar-refractivity contribution in [3.05, 3.63) is 59.7 Å². The van der Waals surface area contributed by atoms with Crippen molar-refractivity contribution < 1.29 is 14.6 Å². The number of nitrogens with one attached hydrogen (secondary N) is 1. The molecule has 2 rings (SSSR count). The highest BCUT2D eigenvalue weighted by molar-refractivity contribution is 5.94. The summed E-state index contributed by atoms with van der Waals surface area (Å²) in [4.78, 5) is 12.0. The van der Waals surface area contributed by atoms with Crippen LogP contribution in [0.4, 0.5) is 0 Å². The summed E-state index contributed by atoms with van der Waals surface area (Å²) in [5.74, 6) is 0.177. The molecule has 22 heavy (non-hydrogen) atoms. The summed E-state index contributed by atoms with van der Waals surface area (Å²) in [6.45, 7) is 0.634. The maximum Gasteiger partial charge on any atom is 0.251 e. The highest BCUT2D eigenvalue weighted by atomic mass is 16.5. The average Bonchev–Trinajstić information content (AvgIpc) is 2.55. The van der Waals surface area contributed by atoms with Gasteiger partial charge in [-0.2, -0.15) is 0 Å². The lowest BCUT2D eigenvalue weighted by atomic mass is 10.1. The van der Waals surface area contributed by atoms with Crippen LogP contribution in [0, 0.1) is 0 Å². The zero-order valence-corrected chi connectivity index (χ0v) is 12.7. The molecule has 2 N–H and O–H groups in total. The summed E-state index contributed by atoms with van der Waals surface area (Å²) in [5.41, 5.74) is 1.80. The van der Waals surface area contributed by atoms with Gasteiger partial charge in [-0.25, -0.2) is 0 Å². The molecule has 0 fully saturated rings. The van der Waals surface area contributed by atoms with E-state index in [9.17, 15) is 9.90 Å². The number of hydrogen-bond donors (Lipinski definition) is 2. The van der Waals surface area contributed by atoms with E-state index in [0.717, 1.165) is 19.3 Å². The molecule has 1 amide bonds. The Morgan fingerprint density at radius 2 is 1.91 bits per heavy atom. The second-order valence-electron chi connectivity index (χ2n) is 5.09. The summed E-state index contributed by atoms with van der Waals surface area (Å²) < 4.78 is 5.00. The Labute approximate surface area is 130 Å². The Bertz CT molecular complexity index is 611. The summed E-state index contributed by atoms with van der Waals surface area (Å²) in [5, 5.41) is 12.4. The van der Waals surface area contributed by atoms with Gasteiger partial charge in [0.2, 0.25) is 0 Å². The summed E-state index contributed by atoms with van der Waals surface area (Å²) >= 11 is 0. The number of carbonyl (C=O) groups is 1. The monoisotopic (exact) mass is 299 g/mol. The predicted molar refractivity (Wildman–Crippen MR) is 86.4 cm³/mol. The van der Waals surface area contributed by atoms with Crippen LogP contribution in [0.15, 0.2) is 48.5 Å². The largest absolute Gasteiger partial charge is 0.504 e.